The molecular weight excluding hydrogens is 354 g/mol. The largest absolute Gasteiger partial charge is 0.423 e. The van der Waals surface area contributed by atoms with Crippen LogP contribution in [0.15, 0.2) is 37.8 Å². The quantitative estimate of drug-likeness (QED) is 0.762. The van der Waals surface area contributed by atoms with Gasteiger partial charge in [-0.25, -0.2) is 0 Å². The molecule has 5 nitrogen and oxygen atoms in total. The van der Waals surface area contributed by atoms with Crippen LogP contribution in [0.2, 0.25) is 0 Å². The average molecular weight is 366 g/mol. The molecule has 0 aliphatic rings. The summed E-state index contributed by atoms with van der Waals surface area (Å²) in [6.45, 7) is 0. The van der Waals surface area contributed by atoms with Crippen molar-refractivity contribution in [1.82, 2.24) is 4.98 Å². The highest BCUT2D eigenvalue weighted by atomic mass is 79.9. The van der Waals surface area contributed by atoms with Gasteiger partial charge in [0.2, 0.25) is 0 Å². The van der Waals surface area contributed by atoms with Gasteiger partial charge in [-0.05, 0) is 34.1 Å². The Kier molecular flexibility index (Phi) is 3.69. The summed E-state index contributed by atoms with van der Waals surface area (Å²) in [5.41, 5.74) is 2.70. The van der Waals surface area contributed by atoms with Gasteiger partial charge in [0.05, 0.1) is 9.35 Å². The van der Waals surface area contributed by atoms with E-state index in [2.05, 4.69) is 26.2 Å². The number of nitrogens with one attached hydrogen (secondary N) is 1. The summed E-state index contributed by atoms with van der Waals surface area (Å²) < 4.78 is 6.54. The smallest absolute Gasteiger partial charge is 0.297 e. The molecule has 2 aromatic heterocycles. The maximum Gasteiger partial charge on any atom is 0.297 e. The number of amides is 1. The minimum atomic E-state index is -0.149. The third kappa shape index (κ3) is 2.93. The Hall–Kier alpha value is -1.86. The van der Waals surface area contributed by atoms with Crippen molar-refractivity contribution in [2.75, 3.05) is 24.3 Å². The van der Waals surface area contributed by atoms with Gasteiger partial charge in [0.15, 0.2) is 5.58 Å². The number of hydrogen-bond acceptors (Lipinski definition) is 5. The Morgan fingerprint density at radius 3 is 2.86 bits per heavy atom. The van der Waals surface area contributed by atoms with Gasteiger partial charge in [0.1, 0.15) is 5.52 Å². The van der Waals surface area contributed by atoms with Crippen LogP contribution in [0.5, 0.6) is 0 Å². The molecule has 0 saturated heterocycles. The fraction of sp³-hybridized carbons (Fsp3) is 0.143. The molecule has 0 atom stereocenters. The number of anilines is 2. The van der Waals surface area contributed by atoms with Crippen LogP contribution in [0.4, 0.5) is 11.7 Å². The van der Waals surface area contributed by atoms with Gasteiger partial charge in [0, 0.05) is 31.2 Å². The van der Waals surface area contributed by atoms with Crippen LogP contribution in [0.25, 0.3) is 11.1 Å². The highest BCUT2D eigenvalue weighted by Crippen LogP contribution is 2.25. The molecule has 0 bridgehead atoms. The summed E-state index contributed by atoms with van der Waals surface area (Å²) in [6.07, 6.45) is 0. The van der Waals surface area contributed by atoms with Gasteiger partial charge >= 0.3 is 0 Å². The third-order valence-corrected chi connectivity index (χ3v) is 4.35. The fourth-order valence-corrected chi connectivity index (χ4v) is 2.95. The number of oxazole rings is 1. The van der Waals surface area contributed by atoms with Crippen LogP contribution >= 0.6 is 27.3 Å². The number of fused-ring (bicyclic) bond motifs is 1. The summed E-state index contributed by atoms with van der Waals surface area (Å²) in [4.78, 5) is 18.2. The van der Waals surface area contributed by atoms with Crippen molar-refractivity contribution in [2.24, 2.45) is 0 Å². The number of thiophene rings is 1. The Labute approximate surface area is 133 Å². The molecule has 108 valence electrons. The van der Waals surface area contributed by atoms with E-state index in [4.69, 9.17) is 4.42 Å². The van der Waals surface area contributed by atoms with Crippen LogP contribution in [0.1, 0.15) is 10.4 Å². The Morgan fingerprint density at radius 2 is 2.19 bits per heavy atom. The molecule has 0 unspecified atom stereocenters. The number of hydrogen-bond donors (Lipinski definition) is 1. The molecule has 0 fully saturated rings. The molecule has 1 N–H and O–H groups in total. The first-order valence-corrected chi connectivity index (χ1v) is 7.83. The van der Waals surface area contributed by atoms with Gasteiger partial charge in [0.25, 0.3) is 11.9 Å². The molecule has 0 aliphatic heterocycles. The average Bonchev–Trinajstić information content (AvgIpc) is 3.04. The lowest BCUT2D eigenvalue weighted by atomic mass is 10.2. The predicted octanol–water partition coefficient (Wildman–Crippen LogP) is 3.97. The predicted molar refractivity (Wildman–Crippen MR) is 88.3 cm³/mol. The van der Waals surface area contributed by atoms with Gasteiger partial charge in [-0.2, -0.15) is 4.98 Å². The minimum absolute atomic E-state index is 0.149. The van der Waals surface area contributed by atoms with E-state index in [-0.39, 0.29) is 5.91 Å². The van der Waals surface area contributed by atoms with Crippen molar-refractivity contribution in [3.05, 3.63) is 39.0 Å². The van der Waals surface area contributed by atoms with Crippen LogP contribution in [0, 0.1) is 0 Å². The van der Waals surface area contributed by atoms with E-state index in [0.29, 0.717) is 22.8 Å². The van der Waals surface area contributed by atoms with Gasteiger partial charge in [-0.1, -0.05) is 0 Å². The van der Waals surface area contributed by atoms with E-state index < -0.39 is 0 Å². The lowest BCUT2D eigenvalue weighted by Gasteiger charge is -2.03. The second-order valence-corrected chi connectivity index (χ2v) is 6.96. The molecule has 21 heavy (non-hydrogen) atoms. The first kappa shape index (κ1) is 14.1. The van der Waals surface area contributed by atoms with E-state index in [0.717, 1.165) is 9.30 Å². The van der Waals surface area contributed by atoms with Crippen molar-refractivity contribution in [3.8, 4) is 0 Å². The van der Waals surface area contributed by atoms with Crippen molar-refractivity contribution in [1.29, 1.82) is 0 Å². The molecule has 0 spiro atoms. The maximum atomic E-state index is 12.1. The van der Waals surface area contributed by atoms with E-state index in [9.17, 15) is 4.79 Å². The van der Waals surface area contributed by atoms with Crippen molar-refractivity contribution < 1.29 is 9.21 Å². The highest BCUT2D eigenvalue weighted by molar-refractivity contribution is 9.11. The Balaban J connectivity index is 1.85. The molecule has 0 radical (unpaired) electrons. The summed E-state index contributed by atoms with van der Waals surface area (Å²) in [5, 5.41) is 4.65. The highest BCUT2D eigenvalue weighted by Gasteiger charge is 2.11. The van der Waals surface area contributed by atoms with Crippen molar-refractivity contribution >= 4 is 56.0 Å². The zero-order valence-electron chi connectivity index (χ0n) is 11.4. The SMILES string of the molecule is CN(C)c1nc2ccc(NC(=O)c3csc(Br)c3)cc2o1. The number of carbonyl (C=O) groups excluding carboxylic acids is 1. The zero-order chi connectivity index (χ0) is 15.0. The van der Waals surface area contributed by atoms with Crippen LogP contribution < -0.4 is 10.2 Å². The van der Waals surface area contributed by atoms with Crippen LogP contribution in [-0.2, 0) is 0 Å². The Bertz CT molecular complexity index is 810. The third-order valence-electron chi connectivity index (χ3n) is 2.85. The topological polar surface area (TPSA) is 58.4 Å². The molecular formula is C14H12BrN3O2S. The lowest BCUT2D eigenvalue weighted by molar-refractivity contribution is 0.102. The first-order chi connectivity index (χ1) is 10.0. The number of nitrogens with zero attached hydrogens (tertiary/aromatic N) is 2. The van der Waals surface area contributed by atoms with Gasteiger partial charge in [-0.15, -0.1) is 11.3 Å². The number of rotatable bonds is 3. The zero-order valence-corrected chi connectivity index (χ0v) is 13.8. The summed E-state index contributed by atoms with van der Waals surface area (Å²) in [5.74, 6) is -0.149. The first-order valence-electron chi connectivity index (χ1n) is 6.16. The molecule has 3 aromatic rings. The molecule has 1 aromatic carbocycles. The van der Waals surface area contributed by atoms with E-state index in [1.807, 2.05) is 26.2 Å². The van der Waals surface area contributed by atoms with Gasteiger partial charge < -0.3 is 14.6 Å². The van der Waals surface area contributed by atoms with E-state index in [1.165, 1.54) is 11.3 Å². The number of halogens is 1. The molecule has 7 heteroatoms. The van der Waals surface area contributed by atoms with E-state index in [1.54, 1.807) is 22.4 Å². The lowest BCUT2D eigenvalue weighted by Crippen LogP contribution is -2.10. The minimum Gasteiger partial charge on any atom is -0.423 e. The maximum absolute atomic E-state index is 12.1. The number of benzene rings is 1. The molecule has 2 heterocycles. The molecule has 0 aliphatic carbocycles. The van der Waals surface area contributed by atoms with Crippen molar-refractivity contribution in [2.45, 2.75) is 0 Å². The fourth-order valence-electron chi connectivity index (χ4n) is 1.81. The van der Waals surface area contributed by atoms with Gasteiger partial charge in [-0.3, -0.25) is 4.79 Å². The molecule has 0 saturated carbocycles. The summed E-state index contributed by atoms with van der Waals surface area (Å²) >= 11 is 4.82. The monoisotopic (exact) mass is 365 g/mol. The van der Waals surface area contributed by atoms with E-state index >= 15 is 0 Å². The van der Waals surface area contributed by atoms with Crippen molar-refractivity contribution in [3.63, 3.8) is 0 Å². The molecule has 1 amide bonds. The second-order valence-electron chi connectivity index (χ2n) is 4.67. The van der Waals surface area contributed by atoms with Crippen LogP contribution in [0.3, 0.4) is 0 Å². The second kappa shape index (κ2) is 5.50. The van der Waals surface area contributed by atoms with Crippen LogP contribution in [-0.4, -0.2) is 25.0 Å². The normalized spacial score (nSPS) is 10.8. The number of aromatic nitrogens is 1. The number of carbonyl (C=O) groups is 1. The standard InChI is InChI=1S/C14H12BrN3O2S/c1-18(2)14-17-10-4-3-9(6-11(10)20-14)16-13(19)8-5-12(15)21-7-8/h3-7H,1-2H3,(H,16,19). The Morgan fingerprint density at radius 1 is 1.38 bits per heavy atom. The summed E-state index contributed by atoms with van der Waals surface area (Å²) in [6, 6.07) is 7.73. The molecule has 3 rings (SSSR count). The summed E-state index contributed by atoms with van der Waals surface area (Å²) in [7, 11) is 3.73.